The van der Waals surface area contributed by atoms with Gasteiger partial charge in [0.2, 0.25) is 0 Å². The van der Waals surface area contributed by atoms with Crippen molar-refractivity contribution in [2.75, 3.05) is 7.11 Å². The summed E-state index contributed by atoms with van der Waals surface area (Å²) in [5.74, 6) is -1.06. The third-order valence-corrected chi connectivity index (χ3v) is 1.82. The molecule has 0 saturated heterocycles. The highest BCUT2D eigenvalue weighted by Gasteiger charge is 2.32. The van der Waals surface area contributed by atoms with Crippen LogP contribution < -0.4 is 0 Å². The molecule has 0 rings (SSSR count). The molecule has 11 heavy (non-hydrogen) atoms. The first-order valence-corrected chi connectivity index (χ1v) is 3.33. The van der Waals surface area contributed by atoms with Crippen LogP contribution in [0.4, 0.5) is 0 Å². The molecule has 0 spiro atoms. The molecule has 0 bridgehead atoms. The van der Waals surface area contributed by atoms with E-state index in [2.05, 4.69) is 12.2 Å². The van der Waals surface area contributed by atoms with Gasteiger partial charge < -0.3 is 14.9 Å². The lowest BCUT2D eigenvalue weighted by molar-refractivity contribution is -0.141. The molecule has 0 aromatic rings. The van der Waals surface area contributed by atoms with Gasteiger partial charge in [0.15, 0.2) is 5.05 Å². The van der Waals surface area contributed by atoms with Gasteiger partial charge in [0, 0.05) is 7.11 Å². The van der Waals surface area contributed by atoms with E-state index in [0.29, 0.717) is 0 Å². The summed E-state index contributed by atoms with van der Waals surface area (Å²) in [7, 11) is 1.30. The fourth-order valence-corrected chi connectivity index (χ4v) is 0.679. The summed E-state index contributed by atoms with van der Waals surface area (Å²) >= 11 is 4.42. The van der Waals surface area contributed by atoms with E-state index in [-0.39, 0.29) is 6.42 Å². The zero-order chi connectivity index (χ0) is 9.07. The number of methoxy groups -OCH3 is 1. The highest BCUT2D eigenvalue weighted by molar-refractivity contribution is 7.80. The predicted molar refractivity (Wildman–Crippen MR) is 42.9 cm³/mol. The van der Waals surface area contributed by atoms with Gasteiger partial charge in [-0.25, -0.2) is 0 Å². The molecule has 0 heterocycles. The highest BCUT2D eigenvalue weighted by Crippen LogP contribution is 2.15. The number of aliphatic carboxylic acids is 1. The lowest BCUT2D eigenvalue weighted by Crippen LogP contribution is -2.38. The minimum absolute atomic E-state index is 0.334. The Balaban J connectivity index is 4.34. The number of aliphatic hydroxyl groups is 1. The summed E-state index contributed by atoms with van der Waals surface area (Å²) in [5, 5.41) is 16.8. The Morgan fingerprint density at radius 1 is 1.64 bits per heavy atom. The minimum atomic E-state index is -1.25. The molecule has 0 aliphatic carbocycles. The number of hydrogen-bond donors (Lipinski definition) is 2. The van der Waals surface area contributed by atoms with E-state index in [1.807, 2.05) is 0 Å². The molecule has 5 heteroatoms. The lowest BCUT2D eigenvalue weighted by atomic mass is 10.0. The number of aliphatic hydroxyl groups excluding tert-OH is 1. The monoisotopic (exact) mass is 178 g/mol. The third kappa shape index (κ3) is 2.81. The minimum Gasteiger partial charge on any atom is -0.500 e. The molecule has 0 radical (unpaired) electrons. The predicted octanol–water partition coefficient (Wildman–Crippen LogP) is 0.752. The molecule has 2 N–H and O–H groups in total. The average Bonchev–Trinajstić information content (AvgIpc) is 1.86. The molecule has 0 aromatic heterocycles. The van der Waals surface area contributed by atoms with E-state index in [4.69, 9.17) is 14.9 Å². The van der Waals surface area contributed by atoms with Gasteiger partial charge in [0.1, 0.15) is 5.60 Å². The summed E-state index contributed by atoms with van der Waals surface area (Å²) in [5.41, 5.74) is -1.25. The molecule has 0 amide bonds. The van der Waals surface area contributed by atoms with Crippen molar-refractivity contribution in [2.24, 2.45) is 0 Å². The second kappa shape index (κ2) is 3.64. The van der Waals surface area contributed by atoms with E-state index in [9.17, 15) is 4.79 Å². The number of rotatable bonds is 4. The fourth-order valence-electron chi connectivity index (χ4n) is 0.524. The van der Waals surface area contributed by atoms with Crippen LogP contribution in [0.3, 0.4) is 0 Å². The van der Waals surface area contributed by atoms with Crippen molar-refractivity contribution >= 4 is 23.2 Å². The number of carboxylic acid groups (broad SMARTS) is 1. The van der Waals surface area contributed by atoms with E-state index in [1.165, 1.54) is 14.0 Å². The summed E-state index contributed by atoms with van der Waals surface area (Å²) in [6.07, 6.45) is -0.334. The van der Waals surface area contributed by atoms with Crippen LogP contribution in [0.2, 0.25) is 0 Å². The van der Waals surface area contributed by atoms with Gasteiger partial charge in [-0.2, -0.15) is 0 Å². The van der Waals surface area contributed by atoms with Gasteiger partial charge in [0.05, 0.1) is 6.42 Å². The SMILES string of the molecule is COC(C)(CC(=O)O)C(O)=S. The van der Waals surface area contributed by atoms with Gasteiger partial charge in [-0.1, -0.05) is 0 Å². The van der Waals surface area contributed by atoms with Crippen LogP contribution in [0.15, 0.2) is 0 Å². The second-order valence-corrected chi connectivity index (χ2v) is 2.70. The molecule has 4 nitrogen and oxygen atoms in total. The molecule has 0 aliphatic rings. The molecule has 0 aliphatic heterocycles. The normalized spacial score (nSPS) is 15.5. The van der Waals surface area contributed by atoms with E-state index < -0.39 is 16.6 Å². The van der Waals surface area contributed by atoms with E-state index in [0.717, 1.165) is 0 Å². The second-order valence-electron chi connectivity index (χ2n) is 2.31. The zero-order valence-corrected chi connectivity index (χ0v) is 7.14. The van der Waals surface area contributed by atoms with Crippen molar-refractivity contribution in [3.05, 3.63) is 0 Å². The molecule has 1 atom stereocenters. The van der Waals surface area contributed by atoms with Crippen LogP contribution >= 0.6 is 12.2 Å². The summed E-state index contributed by atoms with van der Waals surface area (Å²) < 4.78 is 4.74. The Labute approximate surface area is 69.8 Å². The Kier molecular flexibility index (Phi) is 3.41. The standard InChI is InChI=1S/C6H10O4S/c1-6(10-2,5(9)11)3-4(7)8/h3H2,1-2H3,(H,7,8)(H,9,11). The first kappa shape index (κ1) is 10.3. The summed E-state index contributed by atoms with van der Waals surface area (Å²) in [6.45, 7) is 1.42. The Bertz CT molecular complexity index is 179. The number of carbonyl (C=O) groups is 1. The average molecular weight is 178 g/mol. The van der Waals surface area contributed by atoms with Gasteiger partial charge >= 0.3 is 5.97 Å². The molecular weight excluding hydrogens is 168 g/mol. The van der Waals surface area contributed by atoms with E-state index >= 15 is 0 Å². The molecule has 0 fully saturated rings. The Morgan fingerprint density at radius 3 is 2.18 bits per heavy atom. The molecule has 64 valence electrons. The van der Waals surface area contributed by atoms with Crippen LogP contribution in [0, 0.1) is 0 Å². The van der Waals surface area contributed by atoms with Gasteiger partial charge in [-0.15, -0.1) is 0 Å². The first-order chi connectivity index (χ1) is 4.92. The van der Waals surface area contributed by atoms with Crippen molar-refractivity contribution in [3.8, 4) is 0 Å². The van der Waals surface area contributed by atoms with Crippen molar-refractivity contribution in [1.82, 2.24) is 0 Å². The summed E-state index contributed by atoms with van der Waals surface area (Å²) in [4.78, 5) is 10.2. The van der Waals surface area contributed by atoms with Gasteiger partial charge in [-0.05, 0) is 19.1 Å². The topological polar surface area (TPSA) is 66.8 Å². The zero-order valence-electron chi connectivity index (χ0n) is 6.33. The number of hydrogen-bond acceptors (Lipinski definition) is 3. The maximum Gasteiger partial charge on any atom is 0.306 e. The quantitative estimate of drug-likeness (QED) is 0.622. The largest absolute Gasteiger partial charge is 0.500 e. The van der Waals surface area contributed by atoms with Crippen molar-refractivity contribution in [3.63, 3.8) is 0 Å². The van der Waals surface area contributed by atoms with Crippen LogP contribution in [-0.4, -0.2) is 33.9 Å². The molecule has 0 aromatic carbocycles. The summed E-state index contributed by atoms with van der Waals surface area (Å²) in [6, 6.07) is 0. The van der Waals surface area contributed by atoms with Crippen molar-refractivity contribution in [2.45, 2.75) is 18.9 Å². The maximum atomic E-state index is 10.2. The molecule has 1 unspecified atom stereocenters. The van der Waals surface area contributed by atoms with E-state index in [1.54, 1.807) is 0 Å². The molecule has 0 saturated carbocycles. The van der Waals surface area contributed by atoms with Crippen LogP contribution in [0.1, 0.15) is 13.3 Å². The Hall–Kier alpha value is -0.680. The number of carboxylic acids is 1. The number of thiocarbonyl (C=S) groups is 1. The fraction of sp³-hybridized carbons (Fsp3) is 0.667. The highest BCUT2D eigenvalue weighted by atomic mass is 32.1. The smallest absolute Gasteiger partial charge is 0.306 e. The van der Waals surface area contributed by atoms with Gasteiger partial charge in [-0.3, -0.25) is 4.79 Å². The van der Waals surface area contributed by atoms with Gasteiger partial charge in [0.25, 0.3) is 0 Å². The molecular formula is C6H10O4S. The first-order valence-electron chi connectivity index (χ1n) is 2.92. The van der Waals surface area contributed by atoms with Crippen LogP contribution in [-0.2, 0) is 9.53 Å². The Morgan fingerprint density at radius 2 is 2.09 bits per heavy atom. The maximum absolute atomic E-state index is 10.2. The third-order valence-electron chi connectivity index (χ3n) is 1.39. The van der Waals surface area contributed by atoms with Crippen molar-refractivity contribution < 1.29 is 19.7 Å². The van der Waals surface area contributed by atoms with Crippen LogP contribution in [0.5, 0.6) is 0 Å². The van der Waals surface area contributed by atoms with Crippen molar-refractivity contribution in [1.29, 1.82) is 0 Å². The lowest BCUT2D eigenvalue weighted by Gasteiger charge is -2.22. The van der Waals surface area contributed by atoms with Crippen LogP contribution in [0.25, 0.3) is 0 Å². The number of ether oxygens (including phenoxy) is 1.